The van der Waals surface area contributed by atoms with E-state index >= 15 is 0 Å². The summed E-state index contributed by atoms with van der Waals surface area (Å²) in [6.45, 7) is 4.62. The summed E-state index contributed by atoms with van der Waals surface area (Å²) >= 11 is 0. The minimum Gasteiger partial charge on any atom is -0.481 e. The molecule has 0 fully saturated rings. The summed E-state index contributed by atoms with van der Waals surface area (Å²) in [6.07, 6.45) is -4.02. The van der Waals surface area contributed by atoms with Crippen molar-refractivity contribution >= 4 is 11.8 Å². The third kappa shape index (κ3) is 5.63. The quantitative estimate of drug-likeness (QED) is 0.511. The van der Waals surface area contributed by atoms with Crippen LogP contribution in [0, 0.1) is 10.1 Å². The molecule has 1 rings (SSSR count). The van der Waals surface area contributed by atoms with E-state index in [1.165, 1.54) is 13.2 Å². The molecule has 0 aromatic carbocycles. The second-order valence-corrected chi connectivity index (χ2v) is 5.91. The monoisotopic (exact) mass is 343 g/mol. The van der Waals surface area contributed by atoms with Crippen molar-refractivity contribution in [3.8, 4) is 5.88 Å². The topological polar surface area (TPSA) is 144 Å². The first-order valence-electron chi connectivity index (χ1n) is 7.07. The molecular formula is C14H21N3O7. The largest absolute Gasteiger partial charge is 0.481 e. The number of aliphatic hydroxyl groups excluding tert-OH is 2. The molecule has 1 amide bonds. The maximum absolute atomic E-state index is 11.5. The van der Waals surface area contributed by atoms with Crippen molar-refractivity contribution in [3.05, 3.63) is 27.9 Å². The van der Waals surface area contributed by atoms with Crippen LogP contribution in [0.15, 0.2) is 12.1 Å². The van der Waals surface area contributed by atoms with Crippen LogP contribution in [-0.2, 0) is 4.74 Å². The van der Waals surface area contributed by atoms with Crippen molar-refractivity contribution in [2.24, 2.45) is 0 Å². The first-order valence-corrected chi connectivity index (χ1v) is 7.07. The molecule has 24 heavy (non-hydrogen) atoms. The lowest BCUT2D eigenvalue weighted by atomic mass is 10.1. The molecular weight excluding hydrogens is 322 g/mol. The fourth-order valence-corrected chi connectivity index (χ4v) is 1.73. The van der Waals surface area contributed by atoms with E-state index in [-0.39, 0.29) is 18.1 Å². The zero-order valence-corrected chi connectivity index (χ0v) is 13.8. The van der Waals surface area contributed by atoms with Crippen molar-refractivity contribution < 1.29 is 29.4 Å². The first-order chi connectivity index (χ1) is 11.0. The first kappa shape index (κ1) is 19.6. The molecule has 1 aromatic heterocycles. The Morgan fingerprint density at radius 3 is 2.54 bits per heavy atom. The molecule has 10 heteroatoms. The van der Waals surface area contributed by atoms with E-state index in [1.54, 1.807) is 20.8 Å². The smallest absolute Gasteiger partial charge is 0.407 e. The number of ether oxygens (including phenoxy) is 2. The fraction of sp³-hybridized carbons (Fsp3) is 0.571. The van der Waals surface area contributed by atoms with Crippen LogP contribution in [0.4, 0.5) is 10.5 Å². The summed E-state index contributed by atoms with van der Waals surface area (Å²) in [4.78, 5) is 25.6. The Morgan fingerprint density at radius 2 is 2.04 bits per heavy atom. The summed E-state index contributed by atoms with van der Waals surface area (Å²) in [5.74, 6) is 0.0435. The van der Waals surface area contributed by atoms with Gasteiger partial charge in [0.2, 0.25) is 5.88 Å². The number of rotatable bonds is 6. The molecule has 134 valence electrons. The number of hydrogen-bond donors (Lipinski definition) is 3. The highest BCUT2D eigenvalue weighted by molar-refractivity contribution is 5.67. The van der Waals surface area contributed by atoms with Crippen LogP contribution in [0.5, 0.6) is 5.88 Å². The molecule has 0 saturated carbocycles. The number of pyridine rings is 1. The highest BCUT2D eigenvalue weighted by Crippen LogP contribution is 2.27. The lowest BCUT2D eigenvalue weighted by Crippen LogP contribution is -2.39. The van der Waals surface area contributed by atoms with Crippen molar-refractivity contribution in [1.29, 1.82) is 0 Å². The minimum atomic E-state index is -1.70. The molecule has 2 unspecified atom stereocenters. The number of amides is 1. The predicted molar refractivity (Wildman–Crippen MR) is 82.6 cm³/mol. The van der Waals surface area contributed by atoms with Crippen molar-refractivity contribution in [3.63, 3.8) is 0 Å². The van der Waals surface area contributed by atoms with Gasteiger partial charge in [-0.05, 0) is 20.8 Å². The molecule has 3 N–H and O–H groups in total. The van der Waals surface area contributed by atoms with E-state index in [4.69, 9.17) is 9.47 Å². The van der Waals surface area contributed by atoms with E-state index < -0.39 is 34.5 Å². The van der Waals surface area contributed by atoms with Gasteiger partial charge in [0.15, 0.2) is 5.69 Å². The van der Waals surface area contributed by atoms with E-state index in [2.05, 4.69) is 10.3 Å². The SMILES string of the molecule is COc1ccc([N+](=O)[O-])c(C(O)C(O)CNC(=O)OC(C)(C)C)n1. The number of aliphatic hydroxyl groups is 2. The van der Waals surface area contributed by atoms with Gasteiger partial charge in [-0.3, -0.25) is 10.1 Å². The summed E-state index contributed by atoms with van der Waals surface area (Å²) in [5.41, 5.74) is -1.56. The van der Waals surface area contributed by atoms with Gasteiger partial charge in [-0.25, -0.2) is 9.78 Å². The van der Waals surface area contributed by atoms with Crippen molar-refractivity contribution in [2.75, 3.05) is 13.7 Å². The third-order valence-electron chi connectivity index (χ3n) is 2.78. The number of hydrogen-bond acceptors (Lipinski definition) is 8. The molecule has 0 aliphatic heterocycles. The summed E-state index contributed by atoms with van der Waals surface area (Å²) in [5, 5.41) is 33.4. The van der Waals surface area contributed by atoms with Gasteiger partial charge in [0.05, 0.1) is 12.0 Å². The third-order valence-corrected chi connectivity index (χ3v) is 2.78. The van der Waals surface area contributed by atoms with E-state index in [1.807, 2.05) is 0 Å². The fourth-order valence-electron chi connectivity index (χ4n) is 1.73. The van der Waals surface area contributed by atoms with Crippen LogP contribution in [-0.4, -0.2) is 51.6 Å². The van der Waals surface area contributed by atoms with E-state index in [9.17, 15) is 25.1 Å². The number of aromatic nitrogens is 1. The Bertz CT molecular complexity index is 601. The summed E-state index contributed by atoms with van der Waals surface area (Å²) < 4.78 is 9.84. The number of nitro groups is 1. The zero-order chi connectivity index (χ0) is 18.5. The average Bonchev–Trinajstić information content (AvgIpc) is 2.49. The molecule has 2 atom stereocenters. The van der Waals surface area contributed by atoms with Gasteiger partial charge in [-0.15, -0.1) is 0 Å². The second-order valence-electron chi connectivity index (χ2n) is 5.91. The number of methoxy groups -OCH3 is 1. The van der Waals surface area contributed by atoms with Gasteiger partial charge in [-0.1, -0.05) is 0 Å². The van der Waals surface area contributed by atoms with Crippen molar-refractivity contribution in [2.45, 2.75) is 38.6 Å². The van der Waals surface area contributed by atoms with Crippen LogP contribution >= 0.6 is 0 Å². The Balaban J connectivity index is 2.83. The van der Waals surface area contributed by atoms with E-state index in [0.717, 1.165) is 6.07 Å². The Labute approximate surface area is 138 Å². The molecule has 0 aliphatic rings. The predicted octanol–water partition coefficient (Wildman–Crippen LogP) is 0.917. The van der Waals surface area contributed by atoms with Crippen molar-refractivity contribution in [1.82, 2.24) is 10.3 Å². The highest BCUT2D eigenvalue weighted by atomic mass is 16.6. The maximum atomic E-state index is 11.5. The van der Waals surface area contributed by atoms with E-state index in [0.29, 0.717) is 0 Å². The van der Waals surface area contributed by atoms with Gasteiger partial charge < -0.3 is 25.0 Å². The molecule has 0 spiro atoms. The molecule has 0 aliphatic carbocycles. The lowest BCUT2D eigenvalue weighted by molar-refractivity contribution is -0.386. The minimum absolute atomic E-state index is 0.0435. The number of alkyl carbamates (subject to hydrolysis) is 1. The van der Waals surface area contributed by atoms with Crippen LogP contribution in [0.1, 0.15) is 32.6 Å². The standard InChI is InChI=1S/C14H21N3O7/c1-14(2,3)24-13(20)15-7-9(18)12(19)11-8(17(21)22)5-6-10(16-11)23-4/h5-6,9,12,18-19H,7H2,1-4H3,(H,15,20). The van der Waals surface area contributed by atoms with Gasteiger partial charge in [-0.2, -0.15) is 0 Å². The number of nitrogens with one attached hydrogen (secondary N) is 1. The Morgan fingerprint density at radius 1 is 1.42 bits per heavy atom. The van der Waals surface area contributed by atoms with Gasteiger partial charge >= 0.3 is 6.09 Å². The van der Waals surface area contributed by atoms with Crippen LogP contribution in [0.3, 0.4) is 0 Å². The summed E-state index contributed by atoms with van der Waals surface area (Å²) in [6, 6.07) is 2.37. The number of nitrogens with zero attached hydrogens (tertiary/aromatic N) is 2. The van der Waals surface area contributed by atoms with Gasteiger partial charge in [0.1, 0.15) is 17.8 Å². The second kappa shape index (κ2) is 7.88. The van der Waals surface area contributed by atoms with Crippen LogP contribution in [0.2, 0.25) is 0 Å². The molecule has 0 bridgehead atoms. The zero-order valence-electron chi connectivity index (χ0n) is 13.8. The highest BCUT2D eigenvalue weighted by Gasteiger charge is 2.29. The average molecular weight is 343 g/mol. The van der Waals surface area contributed by atoms with Crippen LogP contribution in [0.25, 0.3) is 0 Å². The number of carbonyl (C=O) groups is 1. The molecule has 1 heterocycles. The van der Waals surface area contributed by atoms with Gasteiger partial charge in [0, 0.05) is 18.7 Å². The molecule has 1 aromatic rings. The maximum Gasteiger partial charge on any atom is 0.407 e. The number of carbonyl (C=O) groups excluding carboxylic acids is 1. The molecule has 0 saturated heterocycles. The summed E-state index contributed by atoms with van der Waals surface area (Å²) in [7, 11) is 1.31. The Kier molecular flexibility index (Phi) is 6.43. The Hall–Kier alpha value is -2.46. The molecule has 10 nitrogen and oxygen atoms in total. The normalized spacial score (nSPS) is 13.8. The van der Waals surface area contributed by atoms with Gasteiger partial charge in [0.25, 0.3) is 5.69 Å². The lowest BCUT2D eigenvalue weighted by Gasteiger charge is -2.22. The molecule has 0 radical (unpaired) electrons. The van der Waals surface area contributed by atoms with Crippen LogP contribution < -0.4 is 10.1 Å².